The standard InChI is InChI=1S/C38H42ClN5O6/c1-3-7-33(46)44-32(23-27-8-6-20-40-24-27)35(47)43(34(44)28-11-13-29(39)14-12-28)30-15-9-26(10-16-30)22-31(36(48)49)42-37(50)38(17-4-5-18-38)19-21-41-25(2)45/h6,8-16,20,22,24,32,34H,3-5,7,17-19,21,23H2,1-2H3,(H,41,45)(H,42,50)(H,48,49)/b31-22-. The molecule has 2 heterocycles. The molecule has 2 aromatic carbocycles. The lowest BCUT2D eigenvalue weighted by Gasteiger charge is -2.32. The number of rotatable bonds is 13. The van der Waals surface area contributed by atoms with Crippen molar-refractivity contribution in [2.45, 2.75) is 77.4 Å². The van der Waals surface area contributed by atoms with Crippen LogP contribution in [0.25, 0.3) is 6.08 Å². The smallest absolute Gasteiger partial charge is 0.352 e. The maximum atomic E-state index is 14.3. The second-order valence-electron chi connectivity index (χ2n) is 12.9. The third kappa shape index (κ3) is 8.22. The first kappa shape index (κ1) is 36.3. The molecule has 3 aromatic rings. The second kappa shape index (κ2) is 16.1. The number of hydrogen-bond acceptors (Lipinski definition) is 6. The number of halogens is 1. The largest absolute Gasteiger partial charge is 0.477 e. The van der Waals surface area contributed by atoms with Crippen LogP contribution in [0.2, 0.25) is 5.02 Å². The molecule has 1 aromatic heterocycles. The Labute approximate surface area is 296 Å². The average Bonchev–Trinajstić information content (AvgIpc) is 3.69. The number of aromatic nitrogens is 1. The van der Waals surface area contributed by atoms with Crippen LogP contribution in [-0.4, -0.2) is 57.2 Å². The van der Waals surface area contributed by atoms with Crippen LogP contribution < -0.4 is 15.5 Å². The zero-order chi connectivity index (χ0) is 35.8. The summed E-state index contributed by atoms with van der Waals surface area (Å²) in [6.07, 6.45) is 8.44. The lowest BCUT2D eigenvalue weighted by atomic mass is 9.81. The summed E-state index contributed by atoms with van der Waals surface area (Å²) in [6.45, 7) is 3.66. The average molecular weight is 700 g/mol. The predicted octanol–water partition coefficient (Wildman–Crippen LogP) is 5.65. The van der Waals surface area contributed by atoms with Crippen LogP contribution in [0.1, 0.15) is 81.6 Å². The van der Waals surface area contributed by atoms with Gasteiger partial charge >= 0.3 is 5.97 Å². The Kier molecular flexibility index (Phi) is 11.7. The molecule has 5 rings (SSSR count). The molecule has 2 fully saturated rings. The highest BCUT2D eigenvalue weighted by molar-refractivity contribution is 6.30. The molecule has 1 aliphatic carbocycles. The number of pyridine rings is 1. The maximum absolute atomic E-state index is 14.3. The number of aliphatic carboxylic acids is 1. The van der Waals surface area contributed by atoms with Crippen molar-refractivity contribution < 1.29 is 29.1 Å². The summed E-state index contributed by atoms with van der Waals surface area (Å²) < 4.78 is 0. The molecule has 3 N–H and O–H groups in total. The molecule has 11 nitrogen and oxygen atoms in total. The summed E-state index contributed by atoms with van der Waals surface area (Å²) in [5.74, 6) is -2.28. The first-order valence-corrected chi connectivity index (χ1v) is 17.3. The van der Waals surface area contributed by atoms with E-state index in [1.807, 2.05) is 13.0 Å². The number of nitrogens with zero attached hydrogens (tertiary/aromatic N) is 3. The fourth-order valence-corrected chi connectivity index (χ4v) is 7.04. The van der Waals surface area contributed by atoms with Gasteiger partial charge in [0.25, 0.3) is 5.91 Å². The van der Waals surface area contributed by atoms with Gasteiger partial charge in [-0.3, -0.25) is 29.1 Å². The van der Waals surface area contributed by atoms with Crippen LogP contribution in [0.5, 0.6) is 0 Å². The Morgan fingerprint density at radius 3 is 2.34 bits per heavy atom. The van der Waals surface area contributed by atoms with Crippen molar-refractivity contribution in [2.75, 3.05) is 11.4 Å². The summed E-state index contributed by atoms with van der Waals surface area (Å²) >= 11 is 6.22. The molecule has 1 aliphatic heterocycles. The summed E-state index contributed by atoms with van der Waals surface area (Å²) in [7, 11) is 0. The van der Waals surface area contributed by atoms with Crippen molar-refractivity contribution in [3.8, 4) is 0 Å². The van der Waals surface area contributed by atoms with Gasteiger partial charge in [-0.2, -0.15) is 0 Å². The van der Waals surface area contributed by atoms with Gasteiger partial charge in [-0.15, -0.1) is 0 Å². The van der Waals surface area contributed by atoms with Gasteiger partial charge in [-0.1, -0.05) is 61.7 Å². The monoisotopic (exact) mass is 699 g/mol. The van der Waals surface area contributed by atoms with E-state index in [0.717, 1.165) is 18.4 Å². The van der Waals surface area contributed by atoms with Crippen molar-refractivity contribution in [3.05, 3.63) is 100 Å². The molecule has 0 spiro atoms. The van der Waals surface area contributed by atoms with E-state index in [1.165, 1.54) is 13.0 Å². The number of hydrogen-bond donors (Lipinski definition) is 3. The minimum Gasteiger partial charge on any atom is -0.477 e. The van der Waals surface area contributed by atoms with E-state index in [9.17, 15) is 29.1 Å². The van der Waals surface area contributed by atoms with Gasteiger partial charge in [0.05, 0.1) is 5.41 Å². The fraction of sp³-hybridized carbons (Fsp3) is 0.368. The van der Waals surface area contributed by atoms with E-state index in [-0.39, 0.29) is 42.2 Å². The van der Waals surface area contributed by atoms with E-state index in [0.29, 0.717) is 54.1 Å². The van der Waals surface area contributed by atoms with Crippen LogP contribution in [0, 0.1) is 5.41 Å². The molecule has 1 saturated heterocycles. The molecule has 12 heteroatoms. The summed E-state index contributed by atoms with van der Waals surface area (Å²) in [5, 5.41) is 15.9. The minimum atomic E-state index is -1.29. The normalized spacial score (nSPS) is 18.6. The van der Waals surface area contributed by atoms with E-state index in [1.54, 1.807) is 76.8 Å². The number of carbonyl (C=O) groups excluding carboxylic acids is 4. The van der Waals surface area contributed by atoms with E-state index in [2.05, 4.69) is 15.6 Å². The fourth-order valence-electron chi connectivity index (χ4n) is 6.91. The maximum Gasteiger partial charge on any atom is 0.352 e. The molecule has 0 radical (unpaired) electrons. The molecular formula is C38H42ClN5O6. The van der Waals surface area contributed by atoms with Gasteiger partial charge < -0.3 is 20.6 Å². The highest BCUT2D eigenvalue weighted by atomic mass is 35.5. The van der Waals surface area contributed by atoms with Crippen LogP contribution in [0.4, 0.5) is 5.69 Å². The molecule has 1 saturated carbocycles. The van der Waals surface area contributed by atoms with Crippen molar-refractivity contribution >= 4 is 53.0 Å². The number of anilines is 1. The summed E-state index contributed by atoms with van der Waals surface area (Å²) in [4.78, 5) is 72.7. The van der Waals surface area contributed by atoms with Gasteiger partial charge in [0.2, 0.25) is 17.7 Å². The first-order valence-electron chi connectivity index (χ1n) is 16.9. The van der Waals surface area contributed by atoms with Crippen LogP contribution in [0.15, 0.2) is 78.8 Å². The highest BCUT2D eigenvalue weighted by Gasteiger charge is 2.49. The van der Waals surface area contributed by atoms with Crippen LogP contribution >= 0.6 is 11.6 Å². The molecule has 0 bridgehead atoms. The SMILES string of the molecule is CCCC(=O)N1C(Cc2cccnc2)C(=O)N(c2ccc(/C=C(\NC(=O)C3(CCNC(C)=O)CCCC3)C(=O)O)cc2)C1c1ccc(Cl)cc1. The molecular weight excluding hydrogens is 658 g/mol. The van der Waals surface area contributed by atoms with E-state index < -0.39 is 23.6 Å². The third-order valence-electron chi connectivity index (χ3n) is 9.42. The predicted molar refractivity (Wildman–Crippen MR) is 190 cm³/mol. The van der Waals surface area contributed by atoms with Gasteiger partial charge in [0.15, 0.2) is 0 Å². The highest BCUT2D eigenvalue weighted by Crippen LogP contribution is 2.42. The van der Waals surface area contributed by atoms with E-state index in [4.69, 9.17) is 11.6 Å². The zero-order valence-electron chi connectivity index (χ0n) is 28.2. The van der Waals surface area contributed by atoms with Crippen molar-refractivity contribution in [1.82, 2.24) is 20.5 Å². The van der Waals surface area contributed by atoms with Crippen molar-refractivity contribution in [3.63, 3.8) is 0 Å². The Bertz CT molecular complexity index is 1740. The van der Waals surface area contributed by atoms with Gasteiger partial charge in [0, 0.05) is 49.4 Å². The molecule has 50 heavy (non-hydrogen) atoms. The molecule has 2 unspecified atom stereocenters. The number of carboxylic acids is 1. The number of amides is 4. The Hall–Kier alpha value is -5.03. The number of nitrogens with one attached hydrogen (secondary N) is 2. The minimum absolute atomic E-state index is 0.157. The van der Waals surface area contributed by atoms with Crippen LogP contribution in [-0.2, 0) is 30.4 Å². The molecule has 2 aliphatic rings. The quantitative estimate of drug-likeness (QED) is 0.195. The molecule has 2 atom stereocenters. The number of benzene rings is 2. The summed E-state index contributed by atoms with van der Waals surface area (Å²) in [5.41, 5.74) is 1.48. The van der Waals surface area contributed by atoms with Crippen molar-refractivity contribution in [1.29, 1.82) is 0 Å². The third-order valence-corrected chi connectivity index (χ3v) is 9.67. The van der Waals surface area contributed by atoms with Gasteiger partial charge in [-0.25, -0.2) is 4.79 Å². The van der Waals surface area contributed by atoms with Crippen LogP contribution in [0.3, 0.4) is 0 Å². The Balaban J connectivity index is 1.46. The van der Waals surface area contributed by atoms with E-state index >= 15 is 0 Å². The molecule has 262 valence electrons. The molecule has 4 amide bonds. The lowest BCUT2D eigenvalue weighted by Crippen LogP contribution is -2.42. The number of carboxylic acid groups (broad SMARTS) is 1. The Morgan fingerprint density at radius 1 is 1.04 bits per heavy atom. The van der Waals surface area contributed by atoms with Crippen molar-refractivity contribution in [2.24, 2.45) is 5.41 Å². The number of carbonyl (C=O) groups is 5. The topological polar surface area (TPSA) is 149 Å². The zero-order valence-corrected chi connectivity index (χ0v) is 29.0. The Morgan fingerprint density at radius 2 is 1.74 bits per heavy atom. The summed E-state index contributed by atoms with van der Waals surface area (Å²) in [6, 6.07) is 16.7. The second-order valence-corrected chi connectivity index (χ2v) is 13.3. The van der Waals surface area contributed by atoms with Gasteiger partial charge in [0.1, 0.15) is 17.9 Å². The lowest BCUT2D eigenvalue weighted by molar-refractivity contribution is -0.137. The first-order chi connectivity index (χ1) is 24.0. The van der Waals surface area contributed by atoms with Gasteiger partial charge in [-0.05, 0) is 78.8 Å².